The van der Waals surface area contributed by atoms with Crippen molar-refractivity contribution in [2.24, 2.45) is 23.5 Å². The topological polar surface area (TPSA) is 69.4 Å². The molecule has 3 aromatic carbocycles. The number of carbonyl (C=O) groups excluding carboxylic acids is 2. The minimum atomic E-state index is -0.417. The first-order chi connectivity index (χ1) is 16.0. The lowest BCUT2D eigenvalue weighted by atomic mass is 9.47. The minimum Gasteiger partial charge on any atom is -0.465 e. The summed E-state index contributed by atoms with van der Waals surface area (Å²) in [5.74, 6) is 1.71. The Hall–Kier alpha value is -3.14. The highest BCUT2D eigenvalue weighted by Gasteiger charge is 2.52. The first kappa shape index (κ1) is 20.5. The number of hydrogen-bond acceptors (Lipinski definition) is 3. The number of rotatable bonds is 4. The fourth-order valence-electron chi connectivity index (χ4n) is 7.57. The summed E-state index contributed by atoms with van der Waals surface area (Å²) in [6.45, 7) is 0. The summed E-state index contributed by atoms with van der Waals surface area (Å²) in [5, 5.41) is 1.85. The fraction of sp³-hybridized carbons (Fsp3) is 0.379. The SMILES string of the molecule is COC(=O)c1ccc(-c2ccc3c(C(N)=O)cccc3c2)cc1C12CC3CC(CC(C3)C1)C2. The molecule has 33 heavy (non-hydrogen) atoms. The lowest BCUT2D eigenvalue weighted by molar-refractivity contribution is -0.00591. The minimum absolute atomic E-state index is 0.0876. The zero-order valence-electron chi connectivity index (χ0n) is 19.0. The molecule has 4 aliphatic carbocycles. The van der Waals surface area contributed by atoms with Crippen molar-refractivity contribution in [3.8, 4) is 11.1 Å². The average molecular weight is 440 g/mol. The van der Waals surface area contributed by atoms with Crippen molar-refractivity contribution in [1.29, 1.82) is 0 Å². The van der Waals surface area contributed by atoms with Gasteiger partial charge in [-0.05, 0) is 113 Å². The van der Waals surface area contributed by atoms with Crippen molar-refractivity contribution in [2.45, 2.75) is 43.9 Å². The molecule has 0 aromatic heterocycles. The van der Waals surface area contributed by atoms with Gasteiger partial charge in [-0.25, -0.2) is 4.79 Å². The number of ether oxygens (including phenoxy) is 1. The van der Waals surface area contributed by atoms with Crippen LogP contribution in [-0.4, -0.2) is 19.0 Å². The van der Waals surface area contributed by atoms with Gasteiger partial charge in [0.2, 0.25) is 5.91 Å². The number of amides is 1. The van der Waals surface area contributed by atoms with E-state index >= 15 is 0 Å². The maximum Gasteiger partial charge on any atom is 0.338 e. The Bertz CT molecular complexity index is 1260. The van der Waals surface area contributed by atoms with E-state index in [1.165, 1.54) is 51.2 Å². The zero-order chi connectivity index (χ0) is 22.7. The summed E-state index contributed by atoms with van der Waals surface area (Å²) in [5.41, 5.74) is 10.3. The third kappa shape index (κ3) is 3.26. The molecule has 0 atom stereocenters. The highest BCUT2D eigenvalue weighted by molar-refractivity contribution is 6.07. The maximum absolute atomic E-state index is 12.8. The third-order valence-electron chi connectivity index (χ3n) is 8.51. The Morgan fingerprint density at radius 2 is 1.48 bits per heavy atom. The second-order valence-electron chi connectivity index (χ2n) is 10.6. The van der Waals surface area contributed by atoms with Gasteiger partial charge in [0.15, 0.2) is 0 Å². The average Bonchev–Trinajstić information content (AvgIpc) is 2.81. The van der Waals surface area contributed by atoms with Crippen LogP contribution in [0.1, 0.15) is 64.8 Å². The number of hydrogen-bond donors (Lipinski definition) is 1. The van der Waals surface area contributed by atoms with Crippen molar-refractivity contribution < 1.29 is 14.3 Å². The van der Waals surface area contributed by atoms with Crippen LogP contribution in [0.5, 0.6) is 0 Å². The largest absolute Gasteiger partial charge is 0.465 e. The Morgan fingerprint density at radius 1 is 0.848 bits per heavy atom. The van der Waals surface area contributed by atoms with Crippen LogP contribution in [0.15, 0.2) is 54.6 Å². The number of carbonyl (C=O) groups is 2. The number of esters is 1. The summed E-state index contributed by atoms with van der Waals surface area (Å²) in [4.78, 5) is 24.6. The first-order valence-electron chi connectivity index (χ1n) is 12.0. The van der Waals surface area contributed by atoms with Gasteiger partial charge in [-0.15, -0.1) is 0 Å². The van der Waals surface area contributed by atoms with Crippen LogP contribution in [0.4, 0.5) is 0 Å². The van der Waals surface area contributed by atoms with Gasteiger partial charge in [-0.3, -0.25) is 4.79 Å². The summed E-state index contributed by atoms with van der Waals surface area (Å²) < 4.78 is 5.20. The molecule has 0 spiro atoms. The molecule has 0 saturated heterocycles. The number of benzene rings is 3. The van der Waals surface area contributed by atoms with E-state index in [4.69, 9.17) is 10.5 Å². The molecule has 0 heterocycles. The van der Waals surface area contributed by atoms with Crippen LogP contribution in [-0.2, 0) is 10.2 Å². The van der Waals surface area contributed by atoms with Crippen molar-refractivity contribution in [3.05, 3.63) is 71.3 Å². The van der Waals surface area contributed by atoms with Crippen LogP contribution in [0, 0.1) is 17.8 Å². The van der Waals surface area contributed by atoms with Crippen LogP contribution in [0.3, 0.4) is 0 Å². The van der Waals surface area contributed by atoms with E-state index in [9.17, 15) is 9.59 Å². The molecule has 4 nitrogen and oxygen atoms in total. The Morgan fingerprint density at radius 3 is 2.12 bits per heavy atom. The molecular formula is C29H29NO3. The molecule has 4 fully saturated rings. The van der Waals surface area contributed by atoms with Crippen LogP contribution >= 0.6 is 0 Å². The van der Waals surface area contributed by atoms with Gasteiger partial charge < -0.3 is 10.5 Å². The van der Waals surface area contributed by atoms with Gasteiger partial charge in [0.05, 0.1) is 12.7 Å². The standard InChI is InChI=1S/C29H29NO3/c1-33-28(32)25-8-6-21(20-5-7-23-22(12-20)3-2-4-24(23)27(30)31)13-26(25)29-14-17-9-18(15-29)11-19(10-17)16-29/h2-8,12-13,17-19H,9-11,14-16H2,1H3,(H2,30,31). The smallest absolute Gasteiger partial charge is 0.338 e. The summed E-state index contributed by atoms with van der Waals surface area (Å²) >= 11 is 0. The van der Waals surface area contributed by atoms with E-state index in [2.05, 4.69) is 12.1 Å². The highest BCUT2D eigenvalue weighted by atomic mass is 16.5. The van der Waals surface area contributed by atoms with Gasteiger partial charge in [0.25, 0.3) is 0 Å². The molecule has 4 bridgehead atoms. The van der Waals surface area contributed by atoms with E-state index < -0.39 is 5.91 Å². The molecule has 2 N–H and O–H groups in total. The molecule has 4 aliphatic rings. The quantitative estimate of drug-likeness (QED) is 0.518. The Kier molecular flexibility index (Phi) is 4.62. The second-order valence-corrected chi connectivity index (χ2v) is 10.6. The molecule has 3 aromatic rings. The monoisotopic (exact) mass is 439 g/mol. The lowest BCUT2D eigenvalue weighted by Crippen LogP contribution is -2.49. The molecule has 0 radical (unpaired) electrons. The molecule has 0 unspecified atom stereocenters. The fourth-order valence-corrected chi connectivity index (χ4v) is 7.57. The Balaban J connectivity index is 1.48. The van der Waals surface area contributed by atoms with Crippen molar-refractivity contribution in [3.63, 3.8) is 0 Å². The number of methoxy groups -OCH3 is 1. The van der Waals surface area contributed by atoms with E-state index in [0.717, 1.165) is 45.2 Å². The molecule has 168 valence electrons. The molecular weight excluding hydrogens is 410 g/mol. The van der Waals surface area contributed by atoms with E-state index in [0.29, 0.717) is 5.56 Å². The van der Waals surface area contributed by atoms with E-state index in [1.807, 2.05) is 36.4 Å². The van der Waals surface area contributed by atoms with Gasteiger partial charge in [-0.2, -0.15) is 0 Å². The van der Waals surface area contributed by atoms with Crippen LogP contribution in [0.2, 0.25) is 0 Å². The third-order valence-corrected chi connectivity index (χ3v) is 8.51. The normalized spacial score (nSPS) is 27.6. The number of primary amides is 1. The maximum atomic E-state index is 12.8. The van der Waals surface area contributed by atoms with Crippen LogP contribution in [0.25, 0.3) is 21.9 Å². The molecule has 4 saturated carbocycles. The molecule has 0 aliphatic heterocycles. The van der Waals surface area contributed by atoms with Crippen LogP contribution < -0.4 is 5.73 Å². The Labute approximate surface area is 194 Å². The van der Waals surface area contributed by atoms with E-state index in [-0.39, 0.29) is 11.4 Å². The predicted octanol–water partition coefficient (Wildman–Crippen LogP) is 5.86. The van der Waals surface area contributed by atoms with Gasteiger partial charge in [0.1, 0.15) is 0 Å². The summed E-state index contributed by atoms with van der Waals surface area (Å²) in [6.07, 6.45) is 7.64. The molecule has 7 rings (SSSR count). The lowest BCUT2D eigenvalue weighted by Gasteiger charge is -2.57. The van der Waals surface area contributed by atoms with Gasteiger partial charge in [-0.1, -0.05) is 30.3 Å². The summed E-state index contributed by atoms with van der Waals surface area (Å²) in [6, 6.07) is 18.0. The number of fused-ring (bicyclic) bond motifs is 1. The molecule has 1 amide bonds. The van der Waals surface area contributed by atoms with Crippen molar-refractivity contribution in [2.75, 3.05) is 7.11 Å². The first-order valence-corrected chi connectivity index (χ1v) is 12.0. The number of nitrogens with two attached hydrogens (primary N) is 1. The second kappa shape index (κ2) is 7.44. The van der Waals surface area contributed by atoms with Gasteiger partial charge in [0, 0.05) is 5.56 Å². The van der Waals surface area contributed by atoms with Gasteiger partial charge >= 0.3 is 5.97 Å². The van der Waals surface area contributed by atoms with Crippen molar-refractivity contribution in [1.82, 2.24) is 0 Å². The highest BCUT2D eigenvalue weighted by Crippen LogP contribution is 2.61. The van der Waals surface area contributed by atoms with E-state index in [1.54, 1.807) is 6.07 Å². The van der Waals surface area contributed by atoms with Crippen molar-refractivity contribution >= 4 is 22.6 Å². The summed E-state index contributed by atoms with van der Waals surface area (Å²) in [7, 11) is 1.47. The zero-order valence-corrected chi connectivity index (χ0v) is 19.0. The predicted molar refractivity (Wildman–Crippen MR) is 129 cm³/mol. The molecule has 4 heteroatoms.